The summed E-state index contributed by atoms with van der Waals surface area (Å²) in [6.45, 7) is 0. The zero-order valence-electron chi connectivity index (χ0n) is 29.8. The Kier molecular flexibility index (Phi) is 8.08. The van der Waals surface area contributed by atoms with E-state index in [1.165, 1.54) is 10.8 Å². The molecule has 5 heterocycles. The predicted octanol–water partition coefficient (Wildman–Crippen LogP) is 12.4. The van der Waals surface area contributed by atoms with Crippen molar-refractivity contribution in [1.82, 2.24) is 24.5 Å². The molecule has 0 aliphatic heterocycles. The number of hydrogen-bond donors (Lipinski definition) is 0. The number of aromatic nitrogens is 5. The smallest absolute Gasteiger partial charge is 0.0702 e. The number of nitrogens with zero attached hydrogens (tertiary/aromatic N) is 5. The lowest BCUT2D eigenvalue weighted by Gasteiger charge is -2.11. The van der Waals surface area contributed by atoms with Gasteiger partial charge in [-0.2, -0.15) is 0 Å². The third-order valence-electron chi connectivity index (χ3n) is 10.2. The van der Waals surface area contributed by atoms with Gasteiger partial charge in [0, 0.05) is 63.5 Å². The fourth-order valence-electron chi connectivity index (χ4n) is 7.55. The highest BCUT2D eigenvalue weighted by Crippen LogP contribution is 2.40. The SMILES string of the molecule is c1ccc(-n2c3ccc(-c4cc(-c5ccccn5)cc(-c5ccccn5)c4)cc3c3cc(-c4cc(-c5ccccn5)cc(-c5ccccn5)c4)ccc32)cc1. The molecule has 0 saturated carbocycles. The maximum atomic E-state index is 4.70. The standard InChI is InChI=1S/C50H33N5/c1-2-12-42(13-3-1)55-49-20-18-34(36-26-38(45-14-4-8-22-51-45)30-39(27-36)46-15-5-9-23-52-46)32-43(49)44-33-35(19-21-50(44)55)37-28-40(47-16-6-10-24-53-47)31-41(29-37)48-17-7-11-25-54-48/h1-33H. The van der Waals surface area contributed by atoms with E-state index in [0.29, 0.717) is 0 Å². The number of benzene rings is 5. The van der Waals surface area contributed by atoms with E-state index >= 15 is 0 Å². The Hall–Kier alpha value is -7.50. The van der Waals surface area contributed by atoms with Gasteiger partial charge >= 0.3 is 0 Å². The normalized spacial score (nSPS) is 11.3. The van der Waals surface area contributed by atoms with Gasteiger partial charge in [0.2, 0.25) is 0 Å². The lowest BCUT2D eigenvalue weighted by Crippen LogP contribution is -1.93. The molecule has 0 bridgehead atoms. The van der Waals surface area contributed by atoms with Crippen molar-refractivity contribution in [2.45, 2.75) is 0 Å². The summed E-state index contributed by atoms with van der Waals surface area (Å²) in [6.07, 6.45) is 7.37. The van der Waals surface area contributed by atoms with Crippen molar-refractivity contribution in [2.75, 3.05) is 0 Å². The molecule has 0 aliphatic rings. The molecule has 0 aliphatic carbocycles. The maximum Gasteiger partial charge on any atom is 0.0702 e. The summed E-state index contributed by atoms with van der Waals surface area (Å²) in [5, 5.41) is 2.35. The molecular weight excluding hydrogens is 671 g/mol. The highest BCUT2D eigenvalue weighted by molar-refractivity contribution is 6.12. The molecule has 0 radical (unpaired) electrons. The van der Waals surface area contributed by atoms with Crippen LogP contribution in [0.25, 0.3) is 94.8 Å². The molecule has 10 rings (SSSR count). The quantitative estimate of drug-likeness (QED) is 0.166. The Morgan fingerprint density at radius 3 is 0.964 bits per heavy atom. The summed E-state index contributed by atoms with van der Waals surface area (Å²) in [7, 11) is 0. The molecule has 5 aromatic carbocycles. The van der Waals surface area contributed by atoms with E-state index in [1.807, 2.05) is 73.3 Å². The Morgan fingerprint density at radius 2 is 0.618 bits per heavy atom. The number of rotatable bonds is 7. The van der Waals surface area contributed by atoms with Gasteiger partial charge in [0.25, 0.3) is 0 Å². The van der Waals surface area contributed by atoms with Crippen LogP contribution in [0.3, 0.4) is 0 Å². The summed E-state index contributed by atoms with van der Waals surface area (Å²) >= 11 is 0. The van der Waals surface area contributed by atoms with E-state index in [-0.39, 0.29) is 0 Å². The Balaban J connectivity index is 1.19. The molecule has 5 aromatic heterocycles. The average molecular weight is 704 g/mol. The van der Waals surface area contributed by atoms with Gasteiger partial charge in [-0.1, -0.05) is 54.6 Å². The Labute approximate surface area is 318 Å². The van der Waals surface area contributed by atoms with Gasteiger partial charge < -0.3 is 4.57 Å². The van der Waals surface area contributed by atoms with Crippen LogP contribution in [0.4, 0.5) is 0 Å². The van der Waals surface area contributed by atoms with Gasteiger partial charge in [0.05, 0.1) is 33.8 Å². The van der Waals surface area contributed by atoms with Gasteiger partial charge in [-0.15, -0.1) is 0 Å². The maximum absolute atomic E-state index is 4.70. The van der Waals surface area contributed by atoms with Crippen molar-refractivity contribution in [2.24, 2.45) is 0 Å². The molecular formula is C50H33N5. The first-order chi connectivity index (χ1) is 27.2. The van der Waals surface area contributed by atoms with E-state index in [1.54, 1.807) is 0 Å². The van der Waals surface area contributed by atoms with Crippen LogP contribution in [0, 0.1) is 0 Å². The van der Waals surface area contributed by atoms with Crippen LogP contribution in [0.1, 0.15) is 0 Å². The summed E-state index contributed by atoms with van der Waals surface area (Å²) in [4.78, 5) is 18.8. The minimum absolute atomic E-state index is 0.922. The fourth-order valence-corrected chi connectivity index (χ4v) is 7.55. The van der Waals surface area contributed by atoms with Crippen LogP contribution in [-0.4, -0.2) is 24.5 Å². The second-order valence-corrected chi connectivity index (χ2v) is 13.6. The van der Waals surface area contributed by atoms with Crippen LogP contribution < -0.4 is 0 Å². The predicted molar refractivity (Wildman–Crippen MR) is 225 cm³/mol. The van der Waals surface area contributed by atoms with Crippen molar-refractivity contribution >= 4 is 21.8 Å². The van der Waals surface area contributed by atoms with Gasteiger partial charge in [-0.3, -0.25) is 19.9 Å². The molecule has 55 heavy (non-hydrogen) atoms. The van der Waals surface area contributed by atoms with Gasteiger partial charge in [-0.25, -0.2) is 0 Å². The summed E-state index contributed by atoms with van der Waals surface area (Å²) in [6, 6.07) is 61.7. The molecule has 5 heteroatoms. The zero-order valence-corrected chi connectivity index (χ0v) is 29.8. The lowest BCUT2D eigenvalue weighted by atomic mass is 9.94. The Bertz CT molecular complexity index is 2640. The van der Waals surface area contributed by atoms with Crippen LogP contribution >= 0.6 is 0 Å². The molecule has 0 N–H and O–H groups in total. The molecule has 0 spiro atoms. The molecule has 258 valence electrons. The largest absolute Gasteiger partial charge is 0.309 e. The van der Waals surface area contributed by atoms with Crippen LogP contribution in [-0.2, 0) is 0 Å². The first kappa shape index (κ1) is 32.2. The van der Waals surface area contributed by atoms with Crippen LogP contribution in [0.5, 0.6) is 0 Å². The summed E-state index contributed by atoms with van der Waals surface area (Å²) < 4.78 is 2.37. The highest BCUT2D eigenvalue weighted by atomic mass is 15.0. The molecule has 0 fully saturated rings. The van der Waals surface area contributed by atoms with Crippen LogP contribution in [0.2, 0.25) is 0 Å². The van der Waals surface area contributed by atoms with Gasteiger partial charge in [0.15, 0.2) is 0 Å². The summed E-state index contributed by atoms with van der Waals surface area (Å²) in [5.74, 6) is 0. The minimum Gasteiger partial charge on any atom is -0.309 e. The van der Waals surface area contributed by atoms with E-state index in [0.717, 1.165) is 84.0 Å². The van der Waals surface area contributed by atoms with Crippen LogP contribution in [0.15, 0.2) is 201 Å². The van der Waals surface area contributed by atoms with Gasteiger partial charge in [0.1, 0.15) is 0 Å². The molecule has 0 unspecified atom stereocenters. The first-order valence-electron chi connectivity index (χ1n) is 18.4. The van der Waals surface area contributed by atoms with Crippen molar-refractivity contribution < 1.29 is 0 Å². The van der Waals surface area contributed by atoms with E-state index < -0.39 is 0 Å². The average Bonchev–Trinajstić information content (AvgIpc) is 3.60. The van der Waals surface area contributed by atoms with Crippen molar-refractivity contribution in [1.29, 1.82) is 0 Å². The minimum atomic E-state index is 0.922. The van der Waals surface area contributed by atoms with Crippen molar-refractivity contribution in [3.63, 3.8) is 0 Å². The molecule has 0 atom stereocenters. The third kappa shape index (κ3) is 6.14. The second-order valence-electron chi connectivity index (χ2n) is 13.6. The molecule has 0 amide bonds. The number of pyridine rings is 4. The van der Waals surface area contributed by atoms with E-state index in [4.69, 9.17) is 19.9 Å². The second kappa shape index (κ2) is 13.8. The monoisotopic (exact) mass is 703 g/mol. The highest BCUT2D eigenvalue weighted by Gasteiger charge is 2.17. The fraction of sp³-hybridized carbons (Fsp3) is 0. The first-order valence-corrected chi connectivity index (χ1v) is 18.4. The van der Waals surface area contributed by atoms with E-state index in [2.05, 4.69) is 132 Å². The number of fused-ring (bicyclic) bond motifs is 3. The van der Waals surface area contributed by atoms with Gasteiger partial charge in [-0.05, 0) is 144 Å². The van der Waals surface area contributed by atoms with Crippen molar-refractivity contribution in [3.05, 3.63) is 201 Å². The number of hydrogen-bond acceptors (Lipinski definition) is 4. The van der Waals surface area contributed by atoms with Crippen molar-refractivity contribution in [3.8, 4) is 73.0 Å². The molecule has 10 aromatic rings. The topological polar surface area (TPSA) is 56.5 Å². The number of para-hydroxylation sites is 1. The molecule has 5 nitrogen and oxygen atoms in total. The summed E-state index contributed by atoms with van der Waals surface area (Å²) in [5.41, 5.74) is 15.7. The third-order valence-corrected chi connectivity index (χ3v) is 10.2. The molecule has 0 saturated heterocycles. The Morgan fingerprint density at radius 1 is 0.273 bits per heavy atom. The zero-order chi connectivity index (χ0) is 36.6. The van der Waals surface area contributed by atoms with E-state index in [9.17, 15) is 0 Å². The lowest BCUT2D eigenvalue weighted by molar-refractivity contribution is 1.18.